The minimum atomic E-state index is 0. The molecule has 2 aliphatic rings. The molecule has 0 spiro atoms. The van der Waals surface area contributed by atoms with E-state index in [2.05, 4.69) is 61.8 Å². The van der Waals surface area contributed by atoms with Crippen LogP contribution < -0.4 is 5.32 Å². The summed E-state index contributed by atoms with van der Waals surface area (Å²) in [7, 11) is 0. The molecule has 0 bridgehead atoms. The number of amidine groups is 1. The number of nitrogens with zero attached hydrogens (tertiary/aromatic N) is 2. The molecule has 1 heterocycles. The van der Waals surface area contributed by atoms with Crippen LogP contribution in [0.2, 0.25) is 0 Å². The molecule has 1 aromatic carbocycles. The Labute approximate surface area is 206 Å². The van der Waals surface area contributed by atoms with Crippen LogP contribution in [0.5, 0.6) is 0 Å². The summed E-state index contributed by atoms with van der Waals surface area (Å²) in [5.41, 5.74) is 4.13. The van der Waals surface area contributed by atoms with Crippen molar-refractivity contribution in [3.8, 4) is 0 Å². The Morgan fingerprint density at radius 2 is 1.83 bits per heavy atom. The number of morpholine rings is 1. The largest absolute Gasteiger partial charge is 2.00 e. The van der Waals surface area contributed by atoms with Crippen LogP contribution in [0.1, 0.15) is 57.4 Å². The van der Waals surface area contributed by atoms with E-state index < -0.39 is 0 Å². The third-order valence-electron chi connectivity index (χ3n) is 5.90. The topological polar surface area (TPSA) is 36.9 Å². The molecular formula is C25H35N3OU. The van der Waals surface area contributed by atoms with Crippen molar-refractivity contribution in [3.05, 3.63) is 67.2 Å². The van der Waals surface area contributed by atoms with Crippen LogP contribution in [0.4, 0.5) is 5.69 Å². The molecule has 0 aromatic heterocycles. The summed E-state index contributed by atoms with van der Waals surface area (Å²) in [4.78, 5) is 6.94. The van der Waals surface area contributed by atoms with Gasteiger partial charge in [0.15, 0.2) is 0 Å². The standard InChI is InChI=1S/C25H35N3O.U/c1-18(2)20(4)25(26-21(5)28-15-16-29-19(3)17-28)27-24-13-11-23(12-14-24)22-9-7-6-8-10-22;/h11-14,19,22H,1,4-10,15-17H2,2-3H3,(H,26,27);/q-2;+2/b20-18-;. The smallest absolute Gasteiger partial charge is 0.408 e. The van der Waals surface area contributed by atoms with Gasteiger partial charge in [-0.25, -0.2) is 0 Å². The second-order valence-corrected chi connectivity index (χ2v) is 8.34. The fourth-order valence-corrected chi connectivity index (χ4v) is 4.04. The minimum Gasteiger partial charge on any atom is -0.408 e. The normalized spacial score (nSPS) is 21.5. The maximum absolute atomic E-state index is 5.63. The van der Waals surface area contributed by atoms with E-state index in [1.54, 1.807) is 0 Å². The predicted molar refractivity (Wildman–Crippen MR) is 123 cm³/mol. The van der Waals surface area contributed by atoms with Crippen LogP contribution in [-0.4, -0.2) is 36.5 Å². The van der Waals surface area contributed by atoms with E-state index >= 15 is 0 Å². The zero-order valence-electron chi connectivity index (χ0n) is 18.5. The molecule has 1 aromatic rings. The Kier molecular flexibility index (Phi) is 9.94. The number of allylic oxidation sites excluding steroid dienone is 1. The van der Waals surface area contributed by atoms with Crippen molar-refractivity contribution in [2.75, 3.05) is 25.0 Å². The van der Waals surface area contributed by atoms with E-state index in [4.69, 9.17) is 9.73 Å². The third kappa shape index (κ3) is 6.87. The quantitative estimate of drug-likeness (QED) is 0.257. The molecular weight excluding hydrogens is 596 g/mol. The molecule has 3 rings (SSSR count). The van der Waals surface area contributed by atoms with Gasteiger partial charge in [0.1, 0.15) is 5.82 Å². The average molecular weight is 632 g/mol. The number of ether oxygens (including phenoxy) is 1. The summed E-state index contributed by atoms with van der Waals surface area (Å²) in [6, 6.07) is 8.78. The molecule has 0 radical (unpaired) electrons. The summed E-state index contributed by atoms with van der Waals surface area (Å²) in [5.74, 6) is 2.13. The van der Waals surface area contributed by atoms with Gasteiger partial charge in [-0.15, -0.1) is 6.92 Å². The van der Waals surface area contributed by atoms with E-state index in [1.807, 2.05) is 6.92 Å². The number of aliphatic imine (C=N–C) groups is 1. The molecule has 4 nitrogen and oxygen atoms in total. The van der Waals surface area contributed by atoms with Crippen molar-refractivity contribution in [2.24, 2.45) is 4.99 Å². The molecule has 5 heteroatoms. The van der Waals surface area contributed by atoms with Crippen LogP contribution in [0.15, 0.2) is 52.8 Å². The van der Waals surface area contributed by atoms with Crippen LogP contribution in [0.25, 0.3) is 0 Å². The Morgan fingerprint density at radius 3 is 2.43 bits per heavy atom. The van der Waals surface area contributed by atoms with E-state index in [-0.39, 0.29) is 37.2 Å². The third-order valence-corrected chi connectivity index (χ3v) is 5.90. The molecule has 1 saturated carbocycles. The number of anilines is 1. The SMILES string of the molecule is C=C(/N=C(Nc1ccc(C2CCCCC2)cc1)\C([CH2-])=C(\[CH2-])C)N1CCOC(C)C1.[U+2]. The maximum atomic E-state index is 5.63. The van der Waals surface area contributed by atoms with Gasteiger partial charge in [-0.3, -0.25) is 13.8 Å². The van der Waals surface area contributed by atoms with E-state index in [1.165, 1.54) is 37.7 Å². The van der Waals surface area contributed by atoms with Crippen molar-refractivity contribution < 1.29 is 35.9 Å². The number of nitrogens with one attached hydrogen (secondary N) is 1. The Morgan fingerprint density at radius 1 is 1.17 bits per heavy atom. The van der Waals surface area contributed by atoms with Crippen molar-refractivity contribution in [3.63, 3.8) is 0 Å². The van der Waals surface area contributed by atoms with Crippen LogP contribution >= 0.6 is 0 Å². The van der Waals surface area contributed by atoms with Crippen molar-refractivity contribution in [1.29, 1.82) is 0 Å². The number of hydrogen-bond acceptors (Lipinski definition) is 3. The maximum Gasteiger partial charge on any atom is 2.00 e. The van der Waals surface area contributed by atoms with E-state index in [0.29, 0.717) is 18.4 Å². The van der Waals surface area contributed by atoms with Gasteiger partial charge in [-0.2, -0.15) is 0 Å². The molecule has 0 amide bonds. The molecule has 1 aliphatic carbocycles. The molecule has 1 N–H and O–H groups in total. The second kappa shape index (κ2) is 11.9. The number of rotatable bonds is 5. The van der Waals surface area contributed by atoms with Crippen LogP contribution in [0, 0.1) is 45.0 Å². The Hall–Kier alpha value is -1.28. The first-order valence-electron chi connectivity index (χ1n) is 10.8. The van der Waals surface area contributed by atoms with Crippen molar-refractivity contribution >= 4 is 11.5 Å². The summed E-state index contributed by atoms with van der Waals surface area (Å²) < 4.78 is 5.63. The summed E-state index contributed by atoms with van der Waals surface area (Å²) >= 11 is 0. The zero-order valence-corrected chi connectivity index (χ0v) is 22.7. The minimum absolute atomic E-state index is 0. The van der Waals surface area contributed by atoms with E-state index in [9.17, 15) is 0 Å². The fraction of sp³-hybridized carbons (Fsp3) is 0.480. The van der Waals surface area contributed by atoms with Crippen molar-refractivity contribution in [2.45, 2.75) is 58.0 Å². The molecule has 1 saturated heterocycles. The molecule has 30 heavy (non-hydrogen) atoms. The van der Waals surface area contributed by atoms with Gasteiger partial charge in [-0.05, 0) is 43.4 Å². The summed E-state index contributed by atoms with van der Waals surface area (Å²) in [6.07, 6.45) is 6.88. The van der Waals surface area contributed by atoms with Gasteiger partial charge in [0.25, 0.3) is 0 Å². The number of hydrogen-bond donors (Lipinski definition) is 1. The fourth-order valence-electron chi connectivity index (χ4n) is 4.04. The van der Waals surface area contributed by atoms with E-state index in [0.717, 1.165) is 35.7 Å². The van der Waals surface area contributed by atoms with Crippen molar-refractivity contribution in [1.82, 2.24) is 4.90 Å². The van der Waals surface area contributed by atoms with Gasteiger partial charge in [0, 0.05) is 18.8 Å². The molecule has 1 unspecified atom stereocenters. The molecule has 1 atom stereocenters. The van der Waals surface area contributed by atoms with Gasteiger partial charge in [-0.1, -0.05) is 43.8 Å². The molecule has 2 fully saturated rings. The summed E-state index contributed by atoms with van der Waals surface area (Å²) in [5, 5.41) is 3.44. The average Bonchev–Trinajstić information content (AvgIpc) is 2.73. The number of benzene rings is 1. The predicted octanol–water partition coefficient (Wildman–Crippen LogP) is 5.72. The monoisotopic (exact) mass is 631 g/mol. The second-order valence-electron chi connectivity index (χ2n) is 8.34. The Balaban J connectivity index is 0.00000320. The Bertz CT molecular complexity index is 759. The summed E-state index contributed by atoms with van der Waals surface area (Å²) in [6.45, 7) is 18.7. The molecule has 1 aliphatic heterocycles. The first-order valence-corrected chi connectivity index (χ1v) is 10.8. The van der Waals surface area contributed by atoms with Crippen LogP contribution in [-0.2, 0) is 4.74 Å². The zero-order chi connectivity index (χ0) is 20.8. The van der Waals surface area contributed by atoms with Gasteiger partial charge in [0.2, 0.25) is 0 Å². The van der Waals surface area contributed by atoms with Gasteiger partial charge in [0.05, 0.1) is 12.7 Å². The molecule has 160 valence electrons. The van der Waals surface area contributed by atoms with Crippen LogP contribution in [0.3, 0.4) is 0 Å². The first-order chi connectivity index (χ1) is 13.9. The van der Waals surface area contributed by atoms with Gasteiger partial charge >= 0.3 is 31.1 Å². The van der Waals surface area contributed by atoms with Gasteiger partial charge < -0.3 is 31.1 Å². The first kappa shape index (κ1) is 25.0.